The average Bonchev–Trinajstić information content (AvgIpc) is 2.95. The summed E-state index contributed by atoms with van der Waals surface area (Å²) in [6.45, 7) is 8.65. The van der Waals surface area contributed by atoms with Crippen LogP contribution in [0, 0.1) is 6.92 Å². The minimum atomic E-state index is -0.517. The molecule has 1 aromatic carbocycles. The molecule has 94 valence electrons. The summed E-state index contributed by atoms with van der Waals surface area (Å²) in [5.41, 5.74) is 9.27. The summed E-state index contributed by atoms with van der Waals surface area (Å²) < 4.78 is 0. The normalized spacial score (nSPS) is 20.1. The van der Waals surface area contributed by atoms with Crippen LogP contribution in [0.25, 0.3) is 0 Å². The molecular formula is C15H23NO. The molecule has 0 aliphatic heterocycles. The van der Waals surface area contributed by atoms with Crippen molar-refractivity contribution in [2.75, 3.05) is 0 Å². The average molecular weight is 233 g/mol. The highest BCUT2D eigenvalue weighted by molar-refractivity contribution is 5.37. The maximum atomic E-state index is 10.3. The summed E-state index contributed by atoms with van der Waals surface area (Å²) in [4.78, 5) is 0. The molecular weight excluding hydrogens is 210 g/mol. The van der Waals surface area contributed by atoms with Crippen molar-refractivity contribution in [1.29, 1.82) is 0 Å². The lowest BCUT2D eigenvalue weighted by Crippen LogP contribution is -2.31. The molecule has 17 heavy (non-hydrogen) atoms. The van der Waals surface area contributed by atoms with E-state index in [1.807, 2.05) is 6.07 Å². The van der Waals surface area contributed by atoms with Crippen molar-refractivity contribution in [1.82, 2.24) is 0 Å². The molecule has 0 spiro atoms. The first-order chi connectivity index (χ1) is 7.74. The SMILES string of the molecule is Cc1cc(C(C)(C)C)ccc1C(O)C1(N)CC1. The van der Waals surface area contributed by atoms with Gasteiger partial charge in [0, 0.05) is 5.54 Å². The first kappa shape index (κ1) is 12.6. The molecule has 0 aromatic heterocycles. The number of benzene rings is 1. The van der Waals surface area contributed by atoms with Gasteiger partial charge in [0.1, 0.15) is 0 Å². The van der Waals surface area contributed by atoms with E-state index in [9.17, 15) is 5.11 Å². The first-order valence-corrected chi connectivity index (χ1v) is 6.32. The lowest BCUT2D eigenvalue weighted by atomic mass is 9.84. The number of aliphatic hydroxyl groups is 1. The number of hydrogen-bond acceptors (Lipinski definition) is 2. The molecule has 0 saturated heterocycles. The molecule has 1 atom stereocenters. The minimum Gasteiger partial charge on any atom is -0.386 e. The number of nitrogens with two attached hydrogens (primary N) is 1. The standard InChI is InChI=1S/C15H23NO/c1-10-9-11(14(2,3)4)5-6-12(10)13(17)15(16)7-8-15/h5-6,9,13,17H,7-8,16H2,1-4H3. The quantitative estimate of drug-likeness (QED) is 0.825. The second-order valence-corrected chi connectivity index (χ2v) is 6.46. The number of rotatable bonds is 2. The predicted octanol–water partition coefficient (Wildman–Crippen LogP) is 2.82. The molecule has 1 aliphatic carbocycles. The second-order valence-electron chi connectivity index (χ2n) is 6.46. The Hall–Kier alpha value is -0.860. The van der Waals surface area contributed by atoms with Gasteiger partial charge in [-0.25, -0.2) is 0 Å². The van der Waals surface area contributed by atoms with Gasteiger partial charge in [-0.3, -0.25) is 0 Å². The highest BCUT2D eigenvalue weighted by atomic mass is 16.3. The van der Waals surface area contributed by atoms with E-state index in [0.29, 0.717) is 0 Å². The van der Waals surface area contributed by atoms with Crippen LogP contribution >= 0.6 is 0 Å². The van der Waals surface area contributed by atoms with Crippen LogP contribution in [0.2, 0.25) is 0 Å². The summed E-state index contributed by atoms with van der Waals surface area (Å²) in [5.74, 6) is 0. The zero-order valence-electron chi connectivity index (χ0n) is 11.2. The van der Waals surface area contributed by atoms with Crippen molar-refractivity contribution < 1.29 is 5.11 Å². The van der Waals surface area contributed by atoms with Crippen molar-refractivity contribution in [3.8, 4) is 0 Å². The van der Waals surface area contributed by atoms with Crippen LogP contribution in [0.3, 0.4) is 0 Å². The third-order valence-electron chi connectivity index (χ3n) is 3.80. The highest BCUT2D eigenvalue weighted by Gasteiger charge is 2.46. The summed E-state index contributed by atoms with van der Waals surface area (Å²) in [6, 6.07) is 6.31. The van der Waals surface area contributed by atoms with E-state index in [0.717, 1.165) is 24.0 Å². The largest absolute Gasteiger partial charge is 0.386 e. The third-order valence-corrected chi connectivity index (χ3v) is 3.80. The smallest absolute Gasteiger partial charge is 0.0971 e. The van der Waals surface area contributed by atoms with Gasteiger partial charge in [0.25, 0.3) is 0 Å². The van der Waals surface area contributed by atoms with Crippen molar-refractivity contribution in [2.45, 2.75) is 57.6 Å². The van der Waals surface area contributed by atoms with E-state index in [1.54, 1.807) is 0 Å². The van der Waals surface area contributed by atoms with Crippen LogP contribution in [-0.2, 0) is 5.41 Å². The Morgan fingerprint density at radius 1 is 1.29 bits per heavy atom. The molecule has 0 radical (unpaired) electrons. The van der Waals surface area contributed by atoms with Gasteiger partial charge < -0.3 is 10.8 Å². The fourth-order valence-corrected chi connectivity index (χ4v) is 2.18. The lowest BCUT2D eigenvalue weighted by Gasteiger charge is -2.24. The zero-order chi connectivity index (χ0) is 12.8. The van der Waals surface area contributed by atoms with Gasteiger partial charge in [-0.15, -0.1) is 0 Å². The molecule has 2 nitrogen and oxygen atoms in total. The molecule has 2 rings (SSSR count). The van der Waals surface area contributed by atoms with Crippen molar-refractivity contribution in [3.05, 3.63) is 34.9 Å². The van der Waals surface area contributed by atoms with Gasteiger partial charge in [-0.2, -0.15) is 0 Å². The van der Waals surface area contributed by atoms with Crippen LogP contribution in [-0.4, -0.2) is 10.6 Å². The molecule has 1 unspecified atom stereocenters. The summed E-state index contributed by atoms with van der Waals surface area (Å²) in [6.07, 6.45) is 1.33. The fourth-order valence-electron chi connectivity index (χ4n) is 2.18. The topological polar surface area (TPSA) is 46.2 Å². The van der Waals surface area contributed by atoms with E-state index in [2.05, 4.69) is 39.8 Å². The molecule has 0 heterocycles. The van der Waals surface area contributed by atoms with E-state index < -0.39 is 6.10 Å². The molecule has 2 heteroatoms. The fraction of sp³-hybridized carbons (Fsp3) is 0.600. The van der Waals surface area contributed by atoms with Gasteiger partial charge >= 0.3 is 0 Å². The third kappa shape index (κ3) is 2.38. The van der Waals surface area contributed by atoms with Gasteiger partial charge in [0.05, 0.1) is 6.10 Å². The lowest BCUT2D eigenvalue weighted by molar-refractivity contribution is 0.135. The van der Waals surface area contributed by atoms with Crippen LogP contribution in [0.1, 0.15) is 56.4 Å². The van der Waals surface area contributed by atoms with Crippen LogP contribution < -0.4 is 5.73 Å². The van der Waals surface area contributed by atoms with E-state index in [1.165, 1.54) is 5.56 Å². The van der Waals surface area contributed by atoms with Crippen LogP contribution in [0.4, 0.5) is 0 Å². The maximum absolute atomic E-state index is 10.3. The van der Waals surface area contributed by atoms with E-state index in [4.69, 9.17) is 5.73 Å². The first-order valence-electron chi connectivity index (χ1n) is 6.32. The molecule has 1 fully saturated rings. The Morgan fingerprint density at radius 2 is 1.88 bits per heavy atom. The van der Waals surface area contributed by atoms with Crippen molar-refractivity contribution in [3.63, 3.8) is 0 Å². The number of hydrogen-bond donors (Lipinski definition) is 2. The molecule has 0 bridgehead atoms. The molecule has 0 amide bonds. The van der Waals surface area contributed by atoms with Crippen molar-refractivity contribution >= 4 is 0 Å². The van der Waals surface area contributed by atoms with Gasteiger partial charge in [0.2, 0.25) is 0 Å². The Bertz CT molecular complexity index is 427. The van der Waals surface area contributed by atoms with Gasteiger partial charge in [-0.05, 0) is 41.9 Å². The maximum Gasteiger partial charge on any atom is 0.0971 e. The molecule has 3 N–H and O–H groups in total. The molecule has 1 aliphatic rings. The Kier molecular flexibility index (Phi) is 2.83. The summed E-state index contributed by atoms with van der Waals surface area (Å²) >= 11 is 0. The van der Waals surface area contributed by atoms with Crippen molar-refractivity contribution in [2.24, 2.45) is 5.73 Å². The Labute approximate surface area is 104 Å². The van der Waals surface area contributed by atoms with E-state index >= 15 is 0 Å². The van der Waals surface area contributed by atoms with E-state index in [-0.39, 0.29) is 11.0 Å². The Balaban J connectivity index is 2.32. The van der Waals surface area contributed by atoms with Gasteiger partial charge in [0.15, 0.2) is 0 Å². The van der Waals surface area contributed by atoms with Crippen LogP contribution in [0.5, 0.6) is 0 Å². The van der Waals surface area contributed by atoms with Gasteiger partial charge in [-0.1, -0.05) is 39.0 Å². The molecule has 1 saturated carbocycles. The second kappa shape index (κ2) is 3.82. The minimum absolute atomic E-state index is 0.147. The number of aliphatic hydroxyl groups excluding tert-OH is 1. The Morgan fingerprint density at radius 3 is 2.29 bits per heavy atom. The van der Waals surface area contributed by atoms with Crippen LogP contribution in [0.15, 0.2) is 18.2 Å². The number of aryl methyl sites for hydroxylation is 1. The highest BCUT2D eigenvalue weighted by Crippen LogP contribution is 2.44. The zero-order valence-corrected chi connectivity index (χ0v) is 11.2. The predicted molar refractivity (Wildman–Crippen MR) is 71.0 cm³/mol. The summed E-state index contributed by atoms with van der Waals surface area (Å²) in [7, 11) is 0. The summed E-state index contributed by atoms with van der Waals surface area (Å²) in [5, 5.41) is 10.3. The monoisotopic (exact) mass is 233 g/mol. The molecule has 1 aromatic rings.